The van der Waals surface area contributed by atoms with Gasteiger partial charge in [-0.3, -0.25) is 4.79 Å². The van der Waals surface area contributed by atoms with Crippen molar-refractivity contribution in [3.8, 4) is 5.75 Å². The zero-order chi connectivity index (χ0) is 12.7. The van der Waals surface area contributed by atoms with Crippen molar-refractivity contribution >= 4 is 17.4 Å². The van der Waals surface area contributed by atoms with E-state index in [0.29, 0.717) is 16.3 Å². The van der Waals surface area contributed by atoms with Crippen LogP contribution in [-0.2, 0) is 0 Å². The van der Waals surface area contributed by atoms with Crippen LogP contribution < -0.4 is 4.74 Å². The number of ether oxygens (including phenoxy) is 1. The molecule has 0 spiro atoms. The topological polar surface area (TPSA) is 44.1 Å². The van der Waals surface area contributed by atoms with E-state index in [4.69, 9.17) is 16.3 Å². The molecule has 0 fully saturated rings. The molecule has 0 N–H and O–H groups in total. The van der Waals surface area contributed by atoms with Crippen molar-refractivity contribution in [3.63, 3.8) is 0 Å². The van der Waals surface area contributed by atoms with Gasteiger partial charge in [-0.1, -0.05) is 11.6 Å². The molecule has 0 bridgehead atoms. The number of ketones is 1. The van der Waals surface area contributed by atoms with Gasteiger partial charge in [0.25, 0.3) is 0 Å². The highest BCUT2D eigenvalue weighted by atomic mass is 35.5. The number of rotatable bonds is 1. The predicted octanol–water partition coefficient (Wildman–Crippen LogP) is 2.74. The number of carbonyl (C=O) groups excluding carboxylic acids is 1. The molecule has 0 radical (unpaired) electrons. The van der Waals surface area contributed by atoms with E-state index in [0.717, 1.165) is 0 Å². The number of fused-ring (bicyclic) bond motifs is 1. The zero-order valence-electron chi connectivity index (χ0n) is 9.71. The van der Waals surface area contributed by atoms with Crippen molar-refractivity contribution in [1.82, 2.24) is 9.55 Å². The van der Waals surface area contributed by atoms with Crippen LogP contribution in [0.25, 0.3) is 0 Å². The van der Waals surface area contributed by atoms with E-state index >= 15 is 0 Å². The first-order valence-electron chi connectivity index (χ1n) is 5.64. The van der Waals surface area contributed by atoms with Crippen molar-refractivity contribution in [1.29, 1.82) is 0 Å². The third kappa shape index (κ3) is 1.69. The first kappa shape index (κ1) is 11.3. The molecular formula is C13H11ClN2O2. The maximum atomic E-state index is 12.5. The molecule has 1 aliphatic heterocycles. The fourth-order valence-electron chi connectivity index (χ4n) is 2.25. The van der Waals surface area contributed by atoms with Gasteiger partial charge in [0, 0.05) is 17.4 Å². The van der Waals surface area contributed by atoms with E-state index in [2.05, 4.69) is 4.98 Å². The lowest BCUT2D eigenvalue weighted by Crippen LogP contribution is -2.37. The van der Waals surface area contributed by atoms with Crippen LogP contribution in [0.5, 0.6) is 5.75 Å². The zero-order valence-corrected chi connectivity index (χ0v) is 10.5. The summed E-state index contributed by atoms with van der Waals surface area (Å²) in [5.41, 5.74) is 0.566. The van der Waals surface area contributed by atoms with Gasteiger partial charge >= 0.3 is 0 Å². The van der Waals surface area contributed by atoms with Crippen molar-refractivity contribution in [2.45, 2.75) is 19.1 Å². The number of hydrogen-bond donors (Lipinski definition) is 0. The molecule has 2 atom stereocenters. The molecular weight excluding hydrogens is 252 g/mol. The maximum Gasteiger partial charge on any atom is 0.193 e. The summed E-state index contributed by atoms with van der Waals surface area (Å²) in [6, 6.07) is 4.70. The van der Waals surface area contributed by atoms with Gasteiger partial charge in [0.2, 0.25) is 0 Å². The second-order valence-electron chi connectivity index (χ2n) is 4.28. The SMILES string of the molecule is C[C@@H]1Oc2cc(Cl)ccc2C(=O)[C@H]1n1ccnc1. The Morgan fingerprint density at radius 3 is 3.00 bits per heavy atom. The van der Waals surface area contributed by atoms with Crippen LogP contribution in [0.2, 0.25) is 5.02 Å². The van der Waals surface area contributed by atoms with Crippen LogP contribution in [0, 0.1) is 0 Å². The summed E-state index contributed by atoms with van der Waals surface area (Å²) in [7, 11) is 0. The number of halogens is 1. The summed E-state index contributed by atoms with van der Waals surface area (Å²) in [5.74, 6) is 0.579. The van der Waals surface area contributed by atoms with Gasteiger partial charge in [-0.15, -0.1) is 0 Å². The highest BCUT2D eigenvalue weighted by Gasteiger charge is 2.35. The van der Waals surface area contributed by atoms with Gasteiger partial charge in [0.15, 0.2) is 5.78 Å². The third-order valence-corrected chi connectivity index (χ3v) is 3.32. The Labute approximate surface area is 109 Å². The minimum absolute atomic E-state index is 0.0263. The van der Waals surface area contributed by atoms with E-state index in [1.807, 2.05) is 6.92 Å². The average Bonchev–Trinajstić information content (AvgIpc) is 2.82. The molecule has 18 heavy (non-hydrogen) atoms. The molecule has 1 aromatic carbocycles. The largest absolute Gasteiger partial charge is 0.487 e. The average molecular weight is 263 g/mol. The van der Waals surface area contributed by atoms with Gasteiger partial charge in [-0.2, -0.15) is 0 Å². The van der Waals surface area contributed by atoms with Crippen molar-refractivity contribution < 1.29 is 9.53 Å². The van der Waals surface area contributed by atoms with E-state index in [9.17, 15) is 4.79 Å². The minimum Gasteiger partial charge on any atom is -0.487 e. The van der Waals surface area contributed by atoms with Gasteiger partial charge < -0.3 is 9.30 Å². The molecule has 1 aromatic heterocycles. The molecule has 0 aliphatic carbocycles. The number of hydrogen-bond acceptors (Lipinski definition) is 3. The van der Waals surface area contributed by atoms with Crippen LogP contribution in [0.1, 0.15) is 23.3 Å². The van der Waals surface area contributed by atoms with E-state index in [1.54, 1.807) is 41.5 Å². The molecule has 1 aliphatic rings. The van der Waals surface area contributed by atoms with Crippen molar-refractivity contribution in [2.24, 2.45) is 0 Å². The Balaban J connectivity index is 2.07. The predicted molar refractivity (Wildman–Crippen MR) is 67.1 cm³/mol. The quantitative estimate of drug-likeness (QED) is 0.794. The lowest BCUT2D eigenvalue weighted by molar-refractivity contribution is 0.0718. The lowest BCUT2D eigenvalue weighted by atomic mass is 9.96. The van der Waals surface area contributed by atoms with E-state index in [-0.39, 0.29) is 17.9 Å². The second-order valence-corrected chi connectivity index (χ2v) is 4.72. The first-order chi connectivity index (χ1) is 8.66. The molecule has 4 nitrogen and oxygen atoms in total. The Morgan fingerprint density at radius 1 is 1.44 bits per heavy atom. The van der Waals surface area contributed by atoms with Crippen molar-refractivity contribution in [3.05, 3.63) is 47.5 Å². The highest BCUT2D eigenvalue weighted by Crippen LogP contribution is 2.34. The van der Waals surface area contributed by atoms with Gasteiger partial charge in [0.1, 0.15) is 17.9 Å². The summed E-state index contributed by atoms with van der Waals surface area (Å²) >= 11 is 5.90. The third-order valence-electron chi connectivity index (χ3n) is 3.08. The molecule has 3 rings (SSSR count). The standard InChI is InChI=1S/C13H11ClN2O2/c1-8-12(16-5-4-15-7-16)13(17)10-3-2-9(14)6-11(10)18-8/h2-8,12H,1H3/t8-,12-/m0/s1. The number of imidazole rings is 1. The Hall–Kier alpha value is -1.81. The molecule has 5 heteroatoms. The molecule has 0 unspecified atom stereocenters. The van der Waals surface area contributed by atoms with Crippen molar-refractivity contribution in [2.75, 3.05) is 0 Å². The number of Topliss-reactive ketones (excluding diaryl/α,β-unsaturated/α-hetero) is 1. The number of carbonyl (C=O) groups is 1. The Bertz CT molecular complexity index is 595. The first-order valence-corrected chi connectivity index (χ1v) is 6.02. The molecule has 0 saturated carbocycles. The summed E-state index contributed by atoms with van der Waals surface area (Å²) in [5, 5.41) is 0.565. The molecule has 0 saturated heterocycles. The number of benzene rings is 1. The minimum atomic E-state index is -0.374. The van der Waals surface area contributed by atoms with Gasteiger partial charge in [0.05, 0.1) is 11.9 Å². The highest BCUT2D eigenvalue weighted by molar-refractivity contribution is 6.31. The molecule has 2 aromatic rings. The number of aromatic nitrogens is 2. The second kappa shape index (κ2) is 4.14. The number of nitrogens with zero attached hydrogens (tertiary/aromatic N) is 2. The molecule has 0 amide bonds. The van der Waals surface area contributed by atoms with E-state index in [1.165, 1.54) is 0 Å². The normalized spacial score (nSPS) is 22.4. The molecule has 2 heterocycles. The Kier molecular flexibility index (Phi) is 2.59. The van der Waals surface area contributed by atoms with Crippen LogP contribution >= 0.6 is 11.6 Å². The smallest absolute Gasteiger partial charge is 0.193 e. The monoisotopic (exact) mass is 262 g/mol. The molecule has 92 valence electrons. The van der Waals surface area contributed by atoms with Crippen LogP contribution in [0.3, 0.4) is 0 Å². The Morgan fingerprint density at radius 2 is 2.28 bits per heavy atom. The van der Waals surface area contributed by atoms with Crippen LogP contribution in [0.4, 0.5) is 0 Å². The summed E-state index contributed by atoms with van der Waals surface area (Å²) in [4.78, 5) is 16.4. The van der Waals surface area contributed by atoms with E-state index < -0.39 is 0 Å². The summed E-state index contributed by atoms with van der Waals surface area (Å²) in [6.07, 6.45) is 4.79. The fraction of sp³-hybridized carbons (Fsp3) is 0.231. The van der Waals surface area contributed by atoms with Gasteiger partial charge in [-0.05, 0) is 25.1 Å². The summed E-state index contributed by atoms with van der Waals surface area (Å²) in [6.45, 7) is 1.87. The van der Waals surface area contributed by atoms with Crippen LogP contribution in [-0.4, -0.2) is 21.4 Å². The maximum absolute atomic E-state index is 12.5. The summed E-state index contributed by atoms with van der Waals surface area (Å²) < 4.78 is 7.53. The van der Waals surface area contributed by atoms with Crippen LogP contribution in [0.15, 0.2) is 36.9 Å². The lowest BCUT2D eigenvalue weighted by Gasteiger charge is -2.30. The van der Waals surface area contributed by atoms with Gasteiger partial charge in [-0.25, -0.2) is 4.98 Å². The fourth-order valence-corrected chi connectivity index (χ4v) is 2.41.